The first-order chi connectivity index (χ1) is 13.9. The van der Waals surface area contributed by atoms with Gasteiger partial charge in [-0.15, -0.1) is 0 Å². The molecule has 10 heteroatoms. The van der Waals surface area contributed by atoms with Gasteiger partial charge in [-0.2, -0.15) is 5.10 Å². The average Bonchev–Trinajstić information content (AvgIpc) is 3.10. The number of para-hydroxylation sites is 1. The minimum Gasteiger partial charge on any atom is -0.308 e. The highest BCUT2D eigenvalue weighted by Gasteiger charge is 2.21. The van der Waals surface area contributed by atoms with Gasteiger partial charge < -0.3 is 5.32 Å². The third-order valence-electron chi connectivity index (χ3n) is 4.07. The van der Waals surface area contributed by atoms with Gasteiger partial charge in [0.05, 0.1) is 15.2 Å². The number of anilines is 2. The molecule has 2 amide bonds. The molecule has 0 atom stereocenters. The molecule has 0 spiro atoms. The maximum Gasteiger partial charge on any atom is 0.324 e. The lowest BCUT2D eigenvalue weighted by molar-refractivity contribution is 0.262. The first-order valence-electron chi connectivity index (χ1n) is 8.41. The number of pyridine rings is 1. The molecule has 2 heterocycles. The fraction of sp³-hybridized carbons (Fsp3) is 0. The molecule has 0 radical (unpaired) electrons. The van der Waals surface area contributed by atoms with Crippen LogP contribution >= 0.6 is 0 Å². The van der Waals surface area contributed by atoms with E-state index < -0.39 is 21.7 Å². The third-order valence-corrected chi connectivity index (χ3v) is 5.79. The monoisotopic (exact) mass is 411 g/mol. The lowest BCUT2D eigenvalue weighted by Crippen LogP contribution is -2.19. The van der Waals surface area contributed by atoms with Gasteiger partial charge in [-0.1, -0.05) is 24.3 Å². The number of rotatable bonds is 4. The van der Waals surface area contributed by atoms with Crippen LogP contribution in [0.15, 0.2) is 76.7 Å². The van der Waals surface area contributed by atoms with E-state index in [0.29, 0.717) is 11.1 Å². The van der Waals surface area contributed by atoms with E-state index in [1.165, 1.54) is 18.2 Å². The molecule has 0 aliphatic rings. The van der Waals surface area contributed by atoms with Crippen molar-refractivity contribution in [2.45, 2.75) is 9.79 Å². The van der Waals surface area contributed by atoms with Crippen molar-refractivity contribution < 1.29 is 17.6 Å². The number of carbonyl (C=O) groups excluding carboxylic acids is 1. The number of urea groups is 1. The molecule has 0 aliphatic carbocycles. The summed E-state index contributed by atoms with van der Waals surface area (Å²) in [4.78, 5) is 15.9. The van der Waals surface area contributed by atoms with Gasteiger partial charge in [0.1, 0.15) is 11.6 Å². The maximum atomic E-state index is 13.5. The Morgan fingerprint density at radius 1 is 0.966 bits per heavy atom. The standard InChI is InChI=1S/C19H14FN5O3S/c20-12-5-4-8-14(9-12)29(27,28)15-10-16-17(21-11-15)24-25-18(16)23-19(26)22-13-6-2-1-3-7-13/h1-11H,(H3,21,22,23,24,25,26). The summed E-state index contributed by atoms with van der Waals surface area (Å²) in [5, 5.41) is 12.1. The highest BCUT2D eigenvalue weighted by atomic mass is 32.2. The molecule has 29 heavy (non-hydrogen) atoms. The number of halogens is 1. The lowest BCUT2D eigenvalue weighted by atomic mass is 10.3. The van der Waals surface area contributed by atoms with Crippen molar-refractivity contribution in [3.8, 4) is 0 Å². The summed E-state index contributed by atoms with van der Waals surface area (Å²) in [6.45, 7) is 0. The van der Waals surface area contributed by atoms with Crippen molar-refractivity contribution in [2.24, 2.45) is 0 Å². The second-order valence-electron chi connectivity index (χ2n) is 6.05. The molecular formula is C19H14FN5O3S. The summed E-state index contributed by atoms with van der Waals surface area (Å²) < 4.78 is 39.0. The third kappa shape index (κ3) is 3.78. The predicted molar refractivity (Wildman–Crippen MR) is 105 cm³/mol. The van der Waals surface area contributed by atoms with E-state index in [9.17, 15) is 17.6 Å². The average molecular weight is 411 g/mol. The van der Waals surface area contributed by atoms with Crippen LogP contribution in [-0.2, 0) is 9.84 Å². The van der Waals surface area contributed by atoms with Crippen LogP contribution in [0.25, 0.3) is 11.0 Å². The Morgan fingerprint density at radius 2 is 1.76 bits per heavy atom. The summed E-state index contributed by atoms with van der Waals surface area (Å²) >= 11 is 0. The van der Waals surface area contributed by atoms with E-state index in [2.05, 4.69) is 25.8 Å². The van der Waals surface area contributed by atoms with Crippen LogP contribution in [-0.4, -0.2) is 29.6 Å². The number of hydrogen-bond acceptors (Lipinski definition) is 5. The van der Waals surface area contributed by atoms with Crippen molar-refractivity contribution in [1.82, 2.24) is 15.2 Å². The first-order valence-corrected chi connectivity index (χ1v) is 9.89. The number of carbonyl (C=O) groups is 1. The first kappa shape index (κ1) is 18.6. The predicted octanol–water partition coefficient (Wildman–Crippen LogP) is 3.57. The smallest absolute Gasteiger partial charge is 0.308 e. The summed E-state index contributed by atoms with van der Waals surface area (Å²) in [7, 11) is -4.00. The fourth-order valence-corrected chi connectivity index (χ4v) is 3.95. The van der Waals surface area contributed by atoms with Crippen LogP contribution in [0.1, 0.15) is 0 Å². The topological polar surface area (TPSA) is 117 Å². The van der Waals surface area contributed by atoms with Gasteiger partial charge in [-0.25, -0.2) is 22.6 Å². The maximum absolute atomic E-state index is 13.5. The Labute approximate surface area is 164 Å². The largest absolute Gasteiger partial charge is 0.324 e. The van der Waals surface area contributed by atoms with Crippen LogP contribution < -0.4 is 10.6 Å². The van der Waals surface area contributed by atoms with Crippen LogP contribution in [0, 0.1) is 5.82 Å². The Bertz CT molecular complexity index is 1310. The minimum absolute atomic E-state index is 0.150. The number of benzene rings is 2. The Morgan fingerprint density at radius 3 is 2.52 bits per heavy atom. The van der Waals surface area contributed by atoms with E-state index in [4.69, 9.17) is 0 Å². The molecule has 4 aromatic rings. The second-order valence-corrected chi connectivity index (χ2v) is 8.00. The molecule has 4 rings (SSSR count). The number of nitrogens with one attached hydrogen (secondary N) is 3. The molecule has 146 valence electrons. The molecule has 3 N–H and O–H groups in total. The van der Waals surface area contributed by atoms with E-state index >= 15 is 0 Å². The van der Waals surface area contributed by atoms with Crippen molar-refractivity contribution in [1.29, 1.82) is 0 Å². The molecule has 0 saturated heterocycles. The molecule has 0 bridgehead atoms. The van der Waals surface area contributed by atoms with E-state index in [1.54, 1.807) is 24.3 Å². The van der Waals surface area contributed by atoms with E-state index in [1.807, 2.05) is 6.07 Å². The van der Waals surface area contributed by atoms with Gasteiger partial charge in [0.2, 0.25) is 9.84 Å². The number of amides is 2. The Kier molecular flexibility index (Phi) is 4.69. The molecule has 0 unspecified atom stereocenters. The van der Waals surface area contributed by atoms with Crippen LogP contribution in [0.5, 0.6) is 0 Å². The number of sulfone groups is 1. The zero-order valence-corrected chi connectivity index (χ0v) is 15.6. The second kappa shape index (κ2) is 7.32. The molecule has 0 saturated carbocycles. The molecular weight excluding hydrogens is 397 g/mol. The van der Waals surface area contributed by atoms with Gasteiger partial charge in [-0.05, 0) is 36.4 Å². The van der Waals surface area contributed by atoms with Gasteiger partial charge in [0.15, 0.2) is 5.65 Å². The number of fused-ring (bicyclic) bond motifs is 1. The zero-order chi connectivity index (χ0) is 20.4. The minimum atomic E-state index is -4.00. The van der Waals surface area contributed by atoms with Crippen molar-refractivity contribution >= 4 is 38.4 Å². The molecule has 0 fully saturated rings. The zero-order valence-electron chi connectivity index (χ0n) is 14.8. The van der Waals surface area contributed by atoms with E-state index in [-0.39, 0.29) is 21.3 Å². The number of aromatic amines is 1. The normalized spacial score (nSPS) is 11.3. The molecule has 0 aliphatic heterocycles. The van der Waals surface area contributed by atoms with Crippen molar-refractivity contribution in [3.63, 3.8) is 0 Å². The number of hydrogen-bond donors (Lipinski definition) is 3. The quantitative estimate of drug-likeness (QED) is 0.475. The summed E-state index contributed by atoms with van der Waals surface area (Å²) in [6.07, 6.45) is 1.14. The molecule has 2 aromatic heterocycles. The van der Waals surface area contributed by atoms with Gasteiger partial charge in [0, 0.05) is 11.9 Å². The van der Waals surface area contributed by atoms with Crippen molar-refractivity contribution in [2.75, 3.05) is 10.6 Å². The summed E-state index contributed by atoms with van der Waals surface area (Å²) in [5.74, 6) is -0.486. The number of nitrogens with zero attached hydrogens (tertiary/aromatic N) is 2. The Balaban J connectivity index is 1.65. The highest BCUT2D eigenvalue weighted by molar-refractivity contribution is 7.91. The molecule has 2 aromatic carbocycles. The SMILES string of the molecule is O=C(Nc1ccccc1)Nc1[nH]nc2ncc(S(=O)(=O)c3cccc(F)c3)cc12. The van der Waals surface area contributed by atoms with Gasteiger partial charge in [-0.3, -0.25) is 10.4 Å². The van der Waals surface area contributed by atoms with Crippen molar-refractivity contribution in [3.05, 3.63) is 72.7 Å². The molecule has 8 nitrogen and oxygen atoms in total. The highest BCUT2D eigenvalue weighted by Crippen LogP contribution is 2.26. The van der Waals surface area contributed by atoms with Gasteiger partial charge >= 0.3 is 6.03 Å². The lowest BCUT2D eigenvalue weighted by Gasteiger charge is -2.07. The van der Waals surface area contributed by atoms with Gasteiger partial charge in [0.25, 0.3) is 0 Å². The summed E-state index contributed by atoms with van der Waals surface area (Å²) in [5.41, 5.74) is 0.805. The van der Waals surface area contributed by atoms with Crippen LogP contribution in [0.2, 0.25) is 0 Å². The number of aromatic nitrogens is 3. The Hall–Kier alpha value is -3.79. The van der Waals surface area contributed by atoms with Crippen LogP contribution in [0.3, 0.4) is 0 Å². The fourth-order valence-electron chi connectivity index (χ4n) is 2.69. The summed E-state index contributed by atoms with van der Waals surface area (Å²) in [6, 6.07) is 14.3. The number of H-pyrrole nitrogens is 1. The van der Waals surface area contributed by atoms with Crippen LogP contribution in [0.4, 0.5) is 20.7 Å². The van der Waals surface area contributed by atoms with E-state index in [0.717, 1.165) is 18.3 Å².